The highest BCUT2D eigenvalue weighted by Crippen LogP contribution is 2.21. The van der Waals surface area contributed by atoms with Gasteiger partial charge in [0.15, 0.2) is 0 Å². The molecule has 1 atom stereocenters. The second kappa shape index (κ2) is 6.06. The second-order valence-electron chi connectivity index (χ2n) is 4.84. The van der Waals surface area contributed by atoms with Crippen LogP contribution in [0, 0.1) is 5.92 Å². The highest BCUT2D eigenvalue weighted by atomic mass is 35.5. The molecule has 1 aliphatic carbocycles. The van der Waals surface area contributed by atoms with Crippen molar-refractivity contribution in [2.75, 3.05) is 11.2 Å². The Kier molecular flexibility index (Phi) is 4.43. The van der Waals surface area contributed by atoms with Crippen LogP contribution in [0.5, 0.6) is 0 Å². The summed E-state index contributed by atoms with van der Waals surface area (Å²) in [5.41, 5.74) is 1.02. The predicted octanol–water partition coefficient (Wildman–Crippen LogP) is 2.39. The maximum Gasteiger partial charge on any atom is 0.253 e. The van der Waals surface area contributed by atoms with E-state index in [9.17, 15) is 9.59 Å². The standard InChI is InChI=1S/C14H17ClN2O2/c1-9(8-15)13(18)17-12-5-3-2-4-11(12)14(19)16-10-6-7-10/h2-5,9-10H,6-8H2,1H3,(H,16,19)(H,17,18). The molecule has 0 aliphatic heterocycles. The average Bonchev–Trinajstić information content (AvgIpc) is 3.22. The highest BCUT2D eigenvalue weighted by Gasteiger charge is 2.25. The van der Waals surface area contributed by atoms with Gasteiger partial charge in [0, 0.05) is 17.8 Å². The summed E-state index contributed by atoms with van der Waals surface area (Å²) < 4.78 is 0. The third-order valence-electron chi connectivity index (χ3n) is 3.02. The summed E-state index contributed by atoms with van der Waals surface area (Å²) >= 11 is 5.65. The van der Waals surface area contributed by atoms with Crippen molar-refractivity contribution < 1.29 is 9.59 Å². The van der Waals surface area contributed by atoms with E-state index in [0.29, 0.717) is 11.3 Å². The monoisotopic (exact) mass is 280 g/mol. The SMILES string of the molecule is CC(CCl)C(=O)Nc1ccccc1C(=O)NC1CC1. The van der Waals surface area contributed by atoms with E-state index < -0.39 is 0 Å². The lowest BCUT2D eigenvalue weighted by molar-refractivity contribution is -0.118. The number of benzene rings is 1. The fourth-order valence-electron chi connectivity index (χ4n) is 1.61. The van der Waals surface area contributed by atoms with Crippen molar-refractivity contribution >= 4 is 29.1 Å². The summed E-state index contributed by atoms with van der Waals surface area (Å²) in [6, 6.07) is 7.29. The van der Waals surface area contributed by atoms with E-state index >= 15 is 0 Å². The Hall–Kier alpha value is -1.55. The van der Waals surface area contributed by atoms with Crippen LogP contribution in [-0.2, 0) is 4.79 Å². The Morgan fingerprint density at radius 3 is 2.68 bits per heavy atom. The quantitative estimate of drug-likeness (QED) is 0.814. The number of hydrogen-bond acceptors (Lipinski definition) is 2. The summed E-state index contributed by atoms with van der Waals surface area (Å²) in [5, 5.41) is 5.66. The molecule has 0 radical (unpaired) electrons. The van der Waals surface area contributed by atoms with Gasteiger partial charge in [-0.05, 0) is 25.0 Å². The largest absolute Gasteiger partial charge is 0.349 e. The number of rotatable bonds is 5. The molecule has 1 aliphatic rings. The topological polar surface area (TPSA) is 58.2 Å². The van der Waals surface area contributed by atoms with Crippen molar-refractivity contribution in [3.05, 3.63) is 29.8 Å². The summed E-state index contributed by atoms with van der Waals surface area (Å²) in [6.07, 6.45) is 2.06. The molecule has 1 fully saturated rings. The van der Waals surface area contributed by atoms with E-state index in [1.807, 2.05) is 0 Å². The number of nitrogens with one attached hydrogen (secondary N) is 2. The Morgan fingerprint density at radius 2 is 2.05 bits per heavy atom. The van der Waals surface area contributed by atoms with Crippen molar-refractivity contribution in [1.29, 1.82) is 0 Å². The fraction of sp³-hybridized carbons (Fsp3) is 0.429. The molecule has 0 saturated heterocycles. The summed E-state index contributed by atoms with van der Waals surface area (Å²) in [4.78, 5) is 23.9. The first kappa shape index (κ1) is 13.9. The molecule has 1 saturated carbocycles. The van der Waals surface area contributed by atoms with Crippen LogP contribution in [-0.4, -0.2) is 23.7 Å². The van der Waals surface area contributed by atoms with Gasteiger partial charge in [0.2, 0.25) is 5.91 Å². The number of alkyl halides is 1. The minimum absolute atomic E-state index is 0.142. The lowest BCUT2D eigenvalue weighted by Crippen LogP contribution is -2.28. The maximum atomic E-state index is 12.0. The average molecular weight is 281 g/mol. The number of halogens is 1. The van der Waals surface area contributed by atoms with E-state index in [-0.39, 0.29) is 29.7 Å². The van der Waals surface area contributed by atoms with Gasteiger partial charge in [-0.15, -0.1) is 11.6 Å². The molecule has 19 heavy (non-hydrogen) atoms. The fourth-order valence-corrected chi connectivity index (χ4v) is 1.75. The van der Waals surface area contributed by atoms with E-state index in [1.54, 1.807) is 31.2 Å². The zero-order valence-corrected chi connectivity index (χ0v) is 11.5. The van der Waals surface area contributed by atoms with Gasteiger partial charge in [0.1, 0.15) is 0 Å². The van der Waals surface area contributed by atoms with Gasteiger partial charge in [-0.25, -0.2) is 0 Å². The predicted molar refractivity (Wildman–Crippen MR) is 75.4 cm³/mol. The Bertz CT molecular complexity index is 486. The molecule has 102 valence electrons. The zero-order chi connectivity index (χ0) is 13.8. The number of anilines is 1. The molecule has 0 bridgehead atoms. The molecular formula is C14H17ClN2O2. The number of hydrogen-bond donors (Lipinski definition) is 2. The molecule has 2 rings (SSSR count). The van der Waals surface area contributed by atoms with E-state index in [2.05, 4.69) is 10.6 Å². The number of amides is 2. The molecule has 2 N–H and O–H groups in total. The molecule has 2 amide bonds. The molecule has 1 unspecified atom stereocenters. The molecular weight excluding hydrogens is 264 g/mol. The third-order valence-corrected chi connectivity index (χ3v) is 3.48. The van der Waals surface area contributed by atoms with Crippen LogP contribution in [0.3, 0.4) is 0 Å². The van der Waals surface area contributed by atoms with Gasteiger partial charge in [-0.1, -0.05) is 19.1 Å². The molecule has 1 aromatic rings. The van der Waals surface area contributed by atoms with Crippen LogP contribution in [0.1, 0.15) is 30.1 Å². The first-order valence-electron chi connectivity index (χ1n) is 6.38. The number of carbonyl (C=O) groups excluding carboxylic acids is 2. The van der Waals surface area contributed by atoms with Crippen molar-refractivity contribution in [2.24, 2.45) is 5.92 Å². The van der Waals surface area contributed by atoms with Crippen LogP contribution in [0.4, 0.5) is 5.69 Å². The first-order chi connectivity index (χ1) is 9.11. The first-order valence-corrected chi connectivity index (χ1v) is 6.92. The maximum absolute atomic E-state index is 12.0. The summed E-state index contributed by atoms with van der Waals surface area (Å²) in [6.45, 7) is 1.75. The smallest absolute Gasteiger partial charge is 0.253 e. The van der Waals surface area contributed by atoms with E-state index in [4.69, 9.17) is 11.6 Å². The third kappa shape index (κ3) is 3.70. The van der Waals surface area contributed by atoms with Crippen LogP contribution in [0.2, 0.25) is 0 Å². The number of para-hydroxylation sites is 1. The lowest BCUT2D eigenvalue weighted by atomic mass is 10.1. The molecule has 5 heteroatoms. The van der Waals surface area contributed by atoms with Crippen LogP contribution < -0.4 is 10.6 Å². The normalized spacial score (nSPS) is 15.7. The van der Waals surface area contributed by atoms with Crippen LogP contribution in [0.15, 0.2) is 24.3 Å². The molecule has 0 spiro atoms. The number of carbonyl (C=O) groups is 2. The summed E-state index contributed by atoms with van der Waals surface area (Å²) in [7, 11) is 0. The lowest BCUT2D eigenvalue weighted by Gasteiger charge is -2.13. The summed E-state index contributed by atoms with van der Waals surface area (Å²) in [5.74, 6) is -0.359. The van der Waals surface area contributed by atoms with Crippen molar-refractivity contribution in [3.63, 3.8) is 0 Å². The van der Waals surface area contributed by atoms with Crippen molar-refractivity contribution in [3.8, 4) is 0 Å². The Labute approximate surface area is 117 Å². The van der Waals surface area contributed by atoms with Gasteiger partial charge in [0.25, 0.3) is 5.91 Å². The van der Waals surface area contributed by atoms with Crippen LogP contribution in [0.25, 0.3) is 0 Å². The van der Waals surface area contributed by atoms with Gasteiger partial charge in [-0.3, -0.25) is 9.59 Å². The zero-order valence-electron chi connectivity index (χ0n) is 10.8. The Balaban J connectivity index is 2.11. The molecule has 4 nitrogen and oxygen atoms in total. The van der Waals surface area contributed by atoms with E-state index in [0.717, 1.165) is 12.8 Å². The highest BCUT2D eigenvalue weighted by molar-refractivity contribution is 6.19. The van der Waals surface area contributed by atoms with Crippen molar-refractivity contribution in [1.82, 2.24) is 5.32 Å². The van der Waals surface area contributed by atoms with Crippen LogP contribution >= 0.6 is 11.6 Å². The molecule has 1 aromatic carbocycles. The van der Waals surface area contributed by atoms with Gasteiger partial charge in [-0.2, -0.15) is 0 Å². The van der Waals surface area contributed by atoms with Gasteiger partial charge >= 0.3 is 0 Å². The van der Waals surface area contributed by atoms with Gasteiger partial charge < -0.3 is 10.6 Å². The molecule has 0 heterocycles. The van der Waals surface area contributed by atoms with Gasteiger partial charge in [0.05, 0.1) is 11.3 Å². The molecule has 0 aromatic heterocycles. The minimum Gasteiger partial charge on any atom is -0.349 e. The van der Waals surface area contributed by atoms with Crippen molar-refractivity contribution in [2.45, 2.75) is 25.8 Å². The Morgan fingerprint density at radius 1 is 1.37 bits per heavy atom. The van der Waals surface area contributed by atoms with E-state index in [1.165, 1.54) is 0 Å². The minimum atomic E-state index is -0.291. The second-order valence-corrected chi connectivity index (χ2v) is 5.15.